The van der Waals surface area contributed by atoms with Crippen LogP contribution < -0.4 is 4.90 Å². The molecule has 0 saturated heterocycles. The second-order valence-corrected chi connectivity index (χ2v) is 5.99. The number of anilines is 1. The number of aldehydes is 1. The maximum Gasteiger partial charge on any atom is 0.150 e. The standard InChI is InChI=1S/C16H24N2O/c1-13-10-14(11-19)6-7-15(13)18(4)12-16(17(2)3)8-5-9-16/h6-7,10-11H,5,8-9,12H2,1-4H3. The van der Waals surface area contributed by atoms with Crippen LogP contribution in [0.3, 0.4) is 0 Å². The van der Waals surface area contributed by atoms with E-state index >= 15 is 0 Å². The van der Waals surface area contributed by atoms with Gasteiger partial charge in [0.1, 0.15) is 6.29 Å². The van der Waals surface area contributed by atoms with Gasteiger partial charge < -0.3 is 9.80 Å². The molecule has 1 saturated carbocycles. The van der Waals surface area contributed by atoms with E-state index in [0.29, 0.717) is 5.54 Å². The summed E-state index contributed by atoms with van der Waals surface area (Å²) in [6, 6.07) is 5.91. The molecule has 1 aliphatic rings. The number of benzene rings is 1. The van der Waals surface area contributed by atoms with Crippen molar-refractivity contribution in [1.29, 1.82) is 0 Å². The van der Waals surface area contributed by atoms with Gasteiger partial charge in [0.15, 0.2) is 0 Å². The molecule has 3 heteroatoms. The molecule has 104 valence electrons. The molecule has 0 N–H and O–H groups in total. The van der Waals surface area contributed by atoms with E-state index in [4.69, 9.17) is 0 Å². The van der Waals surface area contributed by atoms with E-state index in [1.165, 1.54) is 30.5 Å². The summed E-state index contributed by atoms with van der Waals surface area (Å²) in [4.78, 5) is 15.5. The highest BCUT2D eigenvalue weighted by atomic mass is 16.1. The molecule has 19 heavy (non-hydrogen) atoms. The Bertz CT molecular complexity index is 464. The van der Waals surface area contributed by atoms with Gasteiger partial charge in [-0.3, -0.25) is 4.79 Å². The van der Waals surface area contributed by atoms with Crippen molar-refractivity contribution >= 4 is 12.0 Å². The first-order chi connectivity index (χ1) is 8.98. The number of carbonyl (C=O) groups is 1. The maximum atomic E-state index is 10.8. The highest BCUT2D eigenvalue weighted by Crippen LogP contribution is 2.37. The minimum absolute atomic E-state index is 0.324. The monoisotopic (exact) mass is 260 g/mol. The largest absolute Gasteiger partial charge is 0.373 e. The second-order valence-electron chi connectivity index (χ2n) is 5.99. The van der Waals surface area contributed by atoms with E-state index in [1.807, 2.05) is 12.1 Å². The highest BCUT2D eigenvalue weighted by molar-refractivity contribution is 5.76. The van der Waals surface area contributed by atoms with Crippen molar-refractivity contribution in [2.24, 2.45) is 0 Å². The number of hydrogen-bond acceptors (Lipinski definition) is 3. The van der Waals surface area contributed by atoms with Gasteiger partial charge in [-0.1, -0.05) is 0 Å². The van der Waals surface area contributed by atoms with Gasteiger partial charge in [-0.15, -0.1) is 0 Å². The van der Waals surface area contributed by atoms with Crippen LogP contribution in [0.4, 0.5) is 5.69 Å². The maximum absolute atomic E-state index is 10.8. The van der Waals surface area contributed by atoms with Gasteiger partial charge >= 0.3 is 0 Å². The number of hydrogen-bond donors (Lipinski definition) is 0. The van der Waals surface area contributed by atoms with Gasteiger partial charge in [0.2, 0.25) is 0 Å². The smallest absolute Gasteiger partial charge is 0.150 e. The zero-order chi connectivity index (χ0) is 14.0. The van der Waals surface area contributed by atoms with Gasteiger partial charge in [0.05, 0.1) is 0 Å². The lowest BCUT2D eigenvalue weighted by Gasteiger charge is -2.49. The van der Waals surface area contributed by atoms with Crippen molar-refractivity contribution in [3.8, 4) is 0 Å². The van der Waals surface area contributed by atoms with E-state index in [-0.39, 0.29) is 0 Å². The van der Waals surface area contributed by atoms with E-state index in [9.17, 15) is 4.79 Å². The van der Waals surface area contributed by atoms with Gasteiger partial charge in [0.25, 0.3) is 0 Å². The minimum Gasteiger partial charge on any atom is -0.373 e. The van der Waals surface area contributed by atoms with Crippen molar-refractivity contribution < 1.29 is 4.79 Å². The van der Waals surface area contributed by atoms with E-state index in [0.717, 1.165) is 18.4 Å². The fourth-order valence-electron chi connectivity index (χ4n) is 3.04. The first-order valence-corrected chi connectivity index (χ1v) is 6.93. The molecule has 0 atom stereocenters. The third kappa shape index (κ3) is 2.66. The molecule has 1 aromatic rings. The Kier molecular flexibility index (Phi) is 3.95. The molecule has 0 aliphatic heterocycles. The predicted molar refractivity (Wildman–Crippen MR) is 80.1 cm³/mol. The Morgan fingerprint density at radius 2 is 1.95 bits per heavy atom. The van der Waals surface area contributed by atoms with Crippen LogP contribution in [-0.2, 0) is 0 Å². The minimum atomic E-state index is 0.324. The summed E-state index contributed by atoms with van der Waals surface area (Å²) in [5.74, 6) is 0. The molecule has 0 bridgehead atoms. The topological polar surface area (TPSA) is 23.6 Å². The second kappa shape index (κ2) is 5.33. The SMILES string of the molecule is Cc1cc(C=O)ccc1N(C)CC1(N(C)C)CCC1. The molecule has 2 rings (SSSR count). The van der Waals surface area contributed by atoms with Crippen LogP contribution in [0.15, 0.2) is 18.2 Å². The lowest BCUT2D eigenvalue weighted by atomic mass is 9.75. The number of carbonyl (C=O) groups excluding carboxylic acids is 1. The Morgan fingerprint density at radius 1 is 1.26 bits per heavy atom. The normalized spacial score (nSPS) is 17.1. The Morgan fingerprint density at radius 3 is 2.37 bits per heavy atom. The molecule has 0 spiro atoms. The van der Waals surface area contributed by atoms with E-state index in [1.54, 1.807) is 0 Å². The summed E-state index contributed by atoms with van der Waals surface area (Å²) < 4.78 is 0. The highest BCUT2D eigenvalue weighted by Gasteiger charge is 2.40. The molecule has 0 aromatic heterocycles. The van der Waals surface area contributed by atoms with Crippen LogP contribution in [-0.4, -0.2) is 44.4 Å². The summed E-state index contributed by atoms with van der Waals surface area (Å²) >= 11 is 0. The summed E-state index contributed by atoms with van der Waals surface area (Å²) in [7, 11) is 6.50. The number of rotatable bonds is 5. The van der Waals surface area contributed by atoms with E-state index in [2.05, 4.69) is 43.9 Å². The fraction of sp³-hybridized carbons (Fsp3) is 0.562. The van der Waals surface area contributed by atoms with Crippen molar-refractivity contribution in [2.75, 3.05) is 32.6 Å². The van der Waals surface area contributed by atoms with Crippen LogP contribution in [0.5, 0.6) is 0 Å². The molecule has 0 radical (unpaired) electrons. The summed E-state index contributed by atoms with van der Waals surface area (Å²) in [6.07, 6.45) is 4.78. The van der Waals surface area contributed by atoms with Crippen molar-refractivity contribution in [3.05, 3.63) is 29.3 Å². The molecular weight excluding hydrogens is 236 g/mol. The van der Waals surface area contributed by atoms with Crippen molar-refractivity contribution in [2.45, 2.75) is 31.7 Å². The molecule has 1 fully saturated rings. The van der Waals surface area contributed by atoms with E-state index < -0.39 is 0 Å². The lowest BCUT2D eigenvalue weighted by molar-refractivity contribution is 0.0683. The van der Waals surface area contributed by atoms with Crippen LogP contribution in [0.25, 0.3) is 0 Å². The zero-order valence-corrected chi connectivity index (χ0v) is 12.4. The molecule has 0 amide bonds. The van der Waals surface area contributed by atoms with Gasteiger partial charge in [0, 0.05) is 30.4 Å². The van der Waals surface area contributed by atoms with Crippen molar-refractivity contribution in [1.82, 2.24) is 4.90 Å². The number of likely N-dealkylation sites (N-methyl/N-ethyl adjacent to an activating group) is 2. The van der Waals surface area contributed by atoms with Gasteiger partial charge in [-0.05, 0) is 64.0 Å². The Balaban J connectivity index is 2.15. The van der Waals surface area contributed by atoms with Crippen LogP contribution in [0.2, 0.25) is 0 Å². The van der Waals surface area contributed by atoms with Crippen molar-refractivity contribution in [3.63, 3.8) is 0 Å². The molecule has 3 nitrogen and oxygen atoms in total. The predicted octanol–water partition coefficient (Wildman–Crippen LogP) is 2.73. The molecule has 0 unspecified atom stereocenters. The average molecular weight is 260 g/mol. The quantitative estimate of drug-likeness (QED) is 0.761. The zero-order valence-electron chi connectivity index (χ0n) is 12.4. The number of nitrogens with zero attached hydrogens (tertiary/aromatic N) is 2. The summed E-state index contributed by atoms with van der Waals surface area (Å²) in [6.45, 7) is 3.11. The fourth-order valence-corrected chi connectivity index (χ4v) is 3.04. The molecule has 1 aromatic carbocycles. The summed E-state index contributed by atoms with van der Waals surface area (Å²) in [5, 5.41) is 0. The average Bonchev–Trinajstić information content (AvgIpc) is 2.32. The lowest BCUT2D eigenvalue weighted by Crippen LogP contribution is -2.56. The third-order valence-electron chi connectivity index (χ3n) is 4.53. The Hall–Kier alpha value is -1.35. The first-order valence-electron chi connectivity index (χ1n) is 6.93. The molecule has 1 aliphatic carbocycles. The van der Waals surface area contributed by atoms with Crippen LogP contribution >= 0.6 is 0 Å². The van der Waals surface area contributed by atoms with Gasteiger partial charge in [-0.25, -0.2) is 0 Å². The Labute approximate surface area is 116 Å². The third-order valence-corrected chi connectivity index (χ3v) is 4.53. The van der Waals surface area contributed by atoms with Crippen LogP contribution in [0.1, 0.15) is 35.2 Å². The molecular formula is C16H24N2O. The summed E-state index contributed by atoms with van der Waals surface area (Å²) in [5.41, 5.74) is 3.46. The van der Waals surface area contributed by atoms with Crippen LogP contribution in [0, 0.1) is 6.92 Å². The molecule has 0 heterocycles. The van der Waals surface area contributed by atoms with Gasteiger partial charge in [-0.2, -0.15) is 0 Å². The number of aryl methyl sites for hydroxylation is 1. The first kappa shape index (κ1) is 14.1.